The van der Waals surface area contributed by atoms with Gasteiger partial charge in [0.25, 0.3) is 0 Å². The first kappa shape index (κ1) is 18.5. The lowest BCUT2D eigenvalue weighted by atomic mass is 10.1. The van der Waals surface area contributed by atoms with Gasteiger partial charge in [-0.1, -0.05) is 52.3 Å². The fourth-order valence-electron chi connectivity index (χ4n) is 2.95. The van der Waals surface area contributed by atoms with Gasteiger partial charge in [0.15, 0.2) is 0 Å². The van der Waals surface area contributed by atoms with Crippen LogP contribution in [-0.2, 0) is 10.0 Å². The number of halogens is 1. The van der Waals surface area contributed by atoms with Gasteiger partial charge in [-0.25, -0.2) is 8.42 Å². The van der Waals surface area contributed by atoms with E-state index in [0.29, 0.717) is 37.6 Å². The maximum Gasteiger partial charge on any atom is 0.243 e. The van der Waals surface area contributed by atoms with Crippen LogP contribution in [0.15, 0.2) is 64.0 Å². The molecule has 0 saturated carbocycles. The van der Waals surface area contributed by atoms with E-state index in [2.05, 4.69) is 20.8 Å². The van der Waals surface area contributed by atoms with E-state index in [0.717, 1.165) is 10.0 Å². The molecule has 1 saturated heterocycles. The first-order valence-electron chi connectivity index (χ1n) is 8.18. The van der Waals surface area contributed by atoms with Gasteiger partial charge >= 0.3 is 0 Å². The van der Waals surface area contributed by atoms with Crippen LogP contribution in [0.25, 0.3) is 0 Å². The molecule has 1 fully saturated rings. The van der Waals surface area contributed by atoms with Gasteiger partial charge in [-0.2, -0.15) is 4.31 Å². The molecule has 1 aliphatic heterocycles. The second-order valence-electron chi connectivity index (χ2n) is 6.09. The van der Waals surface area contributed by atoms with Gasteiger partial charge in [-0.3, -0.25) is 4.90 Å². The first-order chi connectivity index (χ1) is 12.0. The highest BCUT2D eigenvalue weighted by molar-refractivity contribution is 9.10. The molecule has 2 aromatic carbocycles. The van der Waals surface area contributed by atoms with Gasteiger partial charge in [0.1, 0.15) is 0 Å². The van der Waals surface area contributed by atoms with Crippen molar-refractivity contribution in [2.75, 3.05) is 32.7 Å². The number of piperazine rings is 1. The van der Waals surface area contributed by atoms with Crippen molar-refractivity contribution in [1.82, 2.24) is 9.21 Å². The van der Waals surface area contributed by atoms with Crippen molar-refractivity contribution in [3.8, 4) is 0 Å². The van der Waals surface area contributed by atoms with Crippen molar-refractivity contribution >= 4 is 26.0 Å². The van der Waals surface area contributed by atoms with Gasteiger partial charge in [-0.05, 0) is 23.8 Å². The van der Waals surface area contributed by atoms with Crippen molar-refractivity contribution in [1.29, 1.82) is 0 Å². The lowest BCUT2D eigenvalue weighted by molar-refractivity contribution is 0.0921. The smallest absolute Gasteiger partial charge is 0.243 e. The minimum atomic E-state index is -3.47. The zero-order valence-electron chi connectivity index (χ0n) is 13.8. The van der Waals surface area contributed by atoms with Crippen LogP contribution >= 0.6 is 15.9 Å². The normalized spacial score (nSPS) is 18.2. The molecule has 5 nitrogen and oxygen atoms in total. The quantitative estimate of drug-likeness (QED) is 0.800. The summed E-state index contributed by atoms with van der Waals surface area (Å²) in [6, 6.07) is 16.3. The third kappa shape index (κ3) is 4.48. The number of rotatable bonds is 5. The Morgan fingerprint density at radius 1 is 1.00 bits per heavy atom. The minimum absolute atomic E-state index is 0.305. The van der Waals surface area contributed by atoms with Crippen LogP contribution in [0.2, 0.25) is 0 Å². The number of hydrogen-bond acceptors (Lipinski definition) is 4. The third-order valence-corrected chi connectivity index (χ3v) is 6.77. The van der Waals surface area contributed by atoms with E-state index < -0.39 is 16.1 Å². The third-order valence-electron chi connectivity index (χ3n) is 4.38. The molecule has 2 aromatic rings. The molecule has 0 bridgehead atoms. The van der Waals surface area contributed by atoms with Gasteiger partial charge in [0.2, 0.25) is 10.0 Å². The summed E-state index contributed by atoms with van der Waals surface area (Å²) in [4.78, 5) is 2.41. The Balaban J connectivity index is 1.60. The summed E-state index contributed by atoms with van der Waals surface area (Å²) in [6.45, 7) is 2.58. The molecule has 7 heteroatoms. The number of aliphatic hydroxyl groups is 1. The number of sulfonamides is 1. The molecule has 0 spiro atoms. The maximum absolute atomic E-state index is 12.7. The molecular weight excluding hydrogens is 404 g/mol. The Morgan fingerprint density at radius 3 is 2.32 bits per heavy atom. The molecule has 0 aromatic heterocycles. The SMILES string of the molecule is O=S(=O)(c1cccc(Br)c1)N1CCN(C[C@H](O)c2ccccc2)CC1. The monoisotopic (exact) mass is 424 g/mol. The summed E-state index contributed by atoms with van der Waals surface area (Å²) >= 11 is 3.32. The van der Waals surface area contributed by atoms with Gasteiger partial charge in [0.05, 0.1) is 11.0 Å². The van der Waals surface area contributed by atoms with Crippen LogP contribution in [-0.4, -0.2) is 55.5 Å². The summed E-state index contributed by atoms with van der Waals surface area (Å²) < 4.78 is 27.7. The zero-order valence-corrected chi connectivity index (χ0v) is 16.2. The largest absolute Gasteiger partial charge is 0.387 e. The van der Waals surface area contributed by atoms with Crippen LogP contribution in [0.5, 0.6) is 0 Å². The Kier molecular flexibility index (Phi) is 5.91. The Hall–Kier alpha value is -1.25. The predicted octanol–water partition coefficient (Wildman–Crippen LogP) is 2.49. The van der Waals surface area contributed by atoms with Crippen LogP contribution in [0.3, 0.4) is 0 Å². The summed E-state index contributed by atoms with van der Waals surface area (Å²) in [5.41, 5.74) is 0.881. The van der Waals surface area contributed by atoms with Crippen molar-refractivity contribution in [2.24, 2.45) is 0 Å². The van der Waals surface area contributed by atoms with E-state index in [9.17, 15) is 13.5 Å². The van der Waals surface area contributed by atoms with Crippen molar-refractivity contribution in [2.45, 2.75) is 11.0 Å². The molecule has 134 valence electrons. The molecule has 1 heterocycles. The van der Waals surface area contributed by atoms with E-state index in [1.165, 1.54) is 4.31 Å². The molecule has 0 unspecified atom stereocenters. The highest BCUT2D eigenvalue weighted by atomic mass is 79.9. The number of aliphatic hydroxyl groups excluding tert-OH is 1. The fraction of sp³-hybridized carbons (Fsp3) is 0.333. The van der Waals surface area contributed by atoms with Gasteiger partial charge in [-0.15, -0.1) is 0 Å². The highest BCUT2D eigenvalue weighted by Crippen LogP contribution is 2.22. The number of hydrogen-bond donors (Lipinski definition) is 1. The molecular formula is C18H21BrN2O3S. The van der Waals surface area contributed by atoms with Crippen LogP contribution in [0.1, 0.15) is 11.7 Å². The number of nitrogens with zero attached hydrogens (tertiary/aromatic N) is 2. The summed E-state index contributed by atoms with van der Waals surface area (Å²) in [6.07, 6.45) is -0.561. The van der Waals surface area contributed by atoms with E-state index >= 15 is 0 Å². The molecule has 0 aliphatic carbocycles. The summed E-state index contributed by atoms with van der Waals surface area (Å²) in [7, 11) is -3.47. The maximum atomic E-state index is 12.7. The topological polar surface area (TPSA) is 60.9 Å². The fourth-order valence-corrected chi connectivity index (χ4v) is 4.97. The Labute approximate surface area is 157 Å². The predicted molar refractivity (Wildman–Crippen MR) is 101 cm³/mol. The zero-order chi connectivity index (χ0) is 17.9. The van der Waals surface area contributed by atoms with Crippen molar-refractivity contribution in [3.05, 3.63) is 64.6 Å². The molecule has 1 N–H and O–H groups in total. The molecule has 0 radical (unpaired) electrons. The highest BCUT2D eigenvalue weighted by Gasteiger charge is 2.29. The average molecular weight is 425 g/mol. The molecule has 0 amide bonds. The molecule has 25 heavy (non-hydrogen) atoms. The van der Waals surface area contributed by atoms with E-state index in [-0.39, 0.29) is 0 Å². The van der Waals surface area contributed by atoms with E-state index in [1.54, 1.807) is 18.2 Å². The van der Waals surface area contributed by atoms with E-state index in [4.69, 9.17) is 0 Å². The Morgan fingerprint density at radius 2 is 1.68 bits per heavy atom. The number of benzene rings is 2. The molecule has 3 rings (SSSR count). The Bertz CT molecular complexity index is 806. The van der Waals surface area contributed by atoms with Gasteiger partial charge < -0.3 is 5.11 Å². The summed E-state index contributed by atoms with van der Waals surface area (Å²) in [5.74, 6) is 0. The molecule has 1 atom stereocenters. The van der Waals surface area contributed by atoms with Gasteiger partial charge in [0, 0.05) is 37.2 Å². The number of β-amino-alcohol motifs (C(OH)–C–C–N with tert-alkyl or cyclic N) is 1. The van der Waals surface area contributed by atoms with Crippen LogP contribution < -0.4 is 0 Å². The second kappa shape index (κ2) is 7.97. The van der Waals surface area contributed by atoms with Crippen LogP contribution in [0.4, 0.5) is 0 Å². The van der Waals surface area contributed by atoms with Crippen LogP contribution in [0, 0.1) is 0 Å². The van der Waals surface area contributed by atoms with Crippen molar-refractivity contribution < 1.29 is 13.5 Å². The lowest BCUT2D eigenvalue weighted by Gasteiger charge is -2.35. The lowest BCUT2D eigenvalue weighted by Crippen LogP contribution is -2.49. The average Bonchev–Trinajstić information content (AvgIpc) is 2.63. The molecule has 1 aliphatic rings. The van der Waals surface area contributed by atoms with E-state index in [1.807, 2.05) is 36.4 Å². The summed E-state index contributed by atoms with van der Waals surface area (Å²) in [5, 5.41) is 10.3. The second-order valence-corrected chi connectivity index (χ2v) is 8.94. The first-order valence-corrected chi connectivity index (χ1v) is 10.4. The van der Waals surface area contributed by atoms with Crippen molar-refractivity contribution in [3.63, 3.8) is 0 Å². The standard InChI is InChI=1S/C18H21BrN2O3S/c19-16-7-4-8-17(13-16)25(23,24)21-11-9-20(10-12-21)14-18(22)15-5-2-1-3-6-15/h1-8,13,18,22H,9-12,14H2/t18-/m0/s1. The minimum Gasteiger partial charge on any atom is -0.387 e.